The first-order valence-corrected chi connectivity index (χ1v) is 7.19. The van der Waals surface area contributed by atoms with Crippen molar-refractivity contribution >= 4 is 28.2 Å². The molecule has 2 aromatic rings. The SMILES string of the molecule is COC(=O)c1nc(N(C)Cc2ccccc2)sc1C(C)=O. The molecule has 0 fully saturated rings. The van der Waals surface area contributed by atoms with Crippen molar-refractivity contribution in [1.82, 2.24) is 4.98 Å². The highest BCUT2D eigenvalue weighted by atomic mass is 32.1. The standard InChI is InChI=1S/C15H16N2O3S/c1-10(18)13-12(14(19)20-3)16-15(21-13)17(2)9-11-7-5-4-6-8-11/h4-8H,9H2,1-3H3. The van der Waals surface area contributed by atoms with E-state index in [1.54, 1.807) is 0 Å². The first-order valence-electron chi connectivity index (χ1n) is 6.38. The van der Waals surface area contributed by atoms with Crippen molar-refractivity contribution in [1.29, 1.82) is 0 Å². The van der Waals surface area contributed by atoms with Crippen LogP contribution in [0.2, 0.25) is 0 Å². The molecule has 0 amide bonds. The molecule has 6 heteroatoms. The summed E-state index contributed by atoms with van der Waals surface area (Å²) in [5, 5.41) is 0.615. The minimum atomic E-state index is -0.587. The Bertz CT molecular complexity index is 652. The van der Waals surface area contributed by atoms with Gasteiger partial charge < -0.3 is 9.64 Å². The minimum absolute atomic E-state index is 0.0879. The van der Waals surface area contributed by atoms with Crippen LogP contribution in [0.3, 0.4) is 0 Å². The number of carbonyl (C=O) groups is 2. The number of rotatable bonds is 5. The highest BCUT2D eigenvalue weighted by molar-refractivity contribution is 7.17. The van der Waals surface area contributed by atoms with Gasteiger partial charge in [-0.2, -0.15) is 0 Å². The van der Waals surface area contributed by atoms with E-state index in [-0.39, 0.29) is 11.5 Å². The third-order valence-electron chi connectivity index (χ3n) is 2.90. The first kappa shape index (κ1) is 15.2. The number of anilines is 1. The molecule has 1 aromatic heterocycles. The Labute approximate surface area is 127 Å². The van der Waals surface area contributed by atoms with Gasteiger partial charge in [-0.25, -0.2) is 9.78 Å². The molecule has 0 radical (unpaired) electrons. The van der Waals surface area contributed by atoms with Gasteiger partial charge in [0.2, 0.25) is 0 Å². The molecule has 0 spiro atoms. The van der Waals surface area contributed by atoms with Gasteiger partial charge >= 0.3 is 5.97 Å². The molecular weight excluding hydrogens is 288 g/mol. The Balaban J connectivity index is 2.27. The summed E-state index contributed by atoms with van der Waals surface area (Å²) in [6, 6.07) is 9.91. The topological polar surface area (TPSA) is 59.5 Å². The summed E-state index contributed by atoms with van der Waals surface area (Å²) in [6.45, 7) is 2.06. The van der Waals surface area contributed by atoms with Gasteiger partial charge in [0.1, 0.15) is 4.88 Å². The van der Waals surface area contributed by atoms with Crippen molar-refractivity contribution in [2.45, 2.75) is 13.5 Å². The first-order chi connectivity index (χ1) is 10.0. The third kappa shape index (κ3) is 3.46. The molecule has 0 unspecified atom stereocenters. The number of benzene rings is 1. The lowest BCUT2D eigenvalue weighted by molar-refractivity contribution is 0.0591. The predicted octanol–water partition coefficient (Wildman–Crippen LogP) is 2.77. The molecule has 0 aliphatic carbocycles. The van der Waals surface area contributed by atoms with Gasteiger partial charge in [0.05, 0.1) is 7.11 Å². The number of ether oxygens (including phenoxy) is 1. The van der Waals surface area contributed by atoms with Crippen molar-refractivity contribution in [3.63, 3.8) is 0 Å². The second-order valence-electron chi connectivity index (χ2n) is 4.56. The predicted molar refractivity (Wildman–Crippen MR) is 82.0 cm³/mol. The number of nitrogens with zero attached hydrogens (tertiary/aromatic N) is 2. The van der Waals surface area contributed by atoms with Crippen LogP contribution in [-0.4, -0.2) is 30.9 Å². The minimum Gasteiger partial charge on any atom is -0.464 e. The van der Waals surface area contributed by atoms with Gasteiger partial charge in [0.15, 0.2) is 16.6 Å². The number of hydrogen-bond donors (Lipinski definition) is 0. The Hall–Kier alpha value is -2.21. The number of thiazole rings is 1. The number of esters is 1. The fourth-order valence-electron chi connectivity index (χ4n) is 1.87. The van der Waals surface area contributed by atoms with Crippen LogP contribution in [0.1, 0.15) is 32.6 Å². The monoisotopic (exact) mass is 304 g/mol. The van der Waals surface area contributed by atoms with Gasteiger partial charge in [-0.15, -0.1) is 0 Å². The van der Waals surface area contributed by atoms with E-state index in [0.717, 1.165) is 5.56 Å². The van der Waals surface area contributed by atoms with E-state index in [1.807, 2.05) is 42.3 Å². The average molecular weight is 304 g/mol. The molecule has 1 heterocycles. The van der Waals surface area contributed by atoms with E-state index in [9.17, 15) is 9.59 Å². The molecular formula is C15H16N2O3S. The summed E-state index contributed by atoms with van der Waals surface area (Å²) >= 11 is 1.20. The second-order valence-corrected chi connectivity index (χ2v) is 5.54. The van der Waals surface area contributed by atoms with Crippen molar-refractivity contribution < 1.29 is 14.3 Å². The highest BCUT2D eigenvalue weighted by Gasteiger charge is 2.23. The molecule has 5 nitrogen and oxygen atoms in total. The van der Waals surface area contributed by atoms with Crippen LogP contribution in [0.4, 0.5) is 5.13 Å². The smallest absolute Gasteiger partial charge is 0.358 e. The van der Waals surface area contributed by atoms with Crippen LogP contribution in [-0.2, 0) is 11.3 Å². The molecule has 0 atom stereocenters. The molecule has 2 rings (SSSR count). The largest absolute Gasteiger partial charge is 0.464 e. The number of aromatic nitrogens is 1. The Morgan fingerprint density at radius 1 is 1.29 bits per heavy atom. The molecule has 0 saturated heterocycles. The van der Waals surface area contributed by atoms with Gasteiger partial charge in [-0.05, 0) is 5.56 Å². The molecule has 0 N–H and O–H groups in total. The van der Waals surface area contributed by atoms with Crippen LogP contribution in [0, 0.1) is 0 Å². The maximum Gasteiger partial charge on any atom is 0.358 e. The van der Waals surface area contributed by atoms with Crippen LogP contribution in [0.25, 0.3) is 0 Å². The third-order valence-corrected chi connectivity index (χ3v) is 4.17. The van der Waals surface area contributed by atoms with Crippen LogP contribution in [0.5, 0.6) is 0 Å². The number of Topliss-reactive ketones (excluding diaryl/α,β-unsaturated/α-hetero) is 1. The molecule has 0 bridgehead atoms. The van der Waals surface area contributed by atoms with Gasteiger partial charge in [-0.1, -0.05) is 41.7 Å². The van der Waals surface area contributed by atoms with E-state index in [1.165, 1.54) is 25.4 Å². The second kappa shape index (κ2) is 6.49. The Kier molecular flexibility index (Phi) is 4.70. The quantitative estimate of drug-likeness (QED) is 0.628. The fourth-order valence-corrected chi connectivity index (χ4v) is 2.78. The van der Waals surface area contributed by atoms with E-state index in [4.69, 9.17) is 0 Å². The van der Waals surface area contributed by atoms with E-state index >= 15 is 0 Å². The van der Waals surface area contributed by atoms with Crippen LogP contribution >= 0.6 is 11.3 Å². The zero-order valence-corrected chi connectivity index (χ0v) is 12.9. The normalized spacial score (nSPS) is 10.2. The van der Waals surface area contributed by atoms with E-state index in [2.05, 4.69) is 9.72 Å². The summed E-state index contributed by atoms with van der Waals surface area (Å²) in [5.74, 6) is -0.775. The fraction of sp³-hybridized carbons (Fsp3) is 0.267. The van der Waals surface area contributed by atoms with Crippen molar-refractivity contribution in [3.05, 3.63) is 46.5 Å². The van der Waals surface area contributed by atoms with Gasteiger partial charge in [0.25, 0.3) is 0 Å². The molecule has 0 saturated carbocycles. The van der Waals surface area contributed by atoms with Crippen LogP contribution in [0.15, 0.2) is 30.3 Å². The number of carbonyl (C=O) groups excluding carboxylic acids is 2. The lowest BCUT2D eigenvalue weighted by Crippen LogP contribution is -2.16. The Morgan fingerprint density at radius 2 is 1.95 bits per heavy atom. The zero-order valence-electron chi connectivity index (χ0n) is 12.1. The van der Waals surface area contributed by atoms with E-state index in [0.29, 0.717) is 16.6 Å². The average Bonchev–Trinajstić information content (AvgIpc) is 2.93. The number of methoxy groups -OCH3 is 1. The highest BCUT2D eigenvalue weighted by Crippen LogP contribution is 2.27. The summed E-state index contributed by atoms with van der Waals surface area (Å²) in [5.41, 5.74) is 1.21. The lowest BCUT2D eigenvalue weighted by Gasteiger charge is -2.15. The molecule has 21 heavy (non-hydrogen) atoms. The molecule has 0 aliphatic heterocycles. The maximum atomic E-state index is 11.7. The molecule has 0 aliphatic rings. The van der Waals surface area contributed by atoms with Crippen molar-refractivity contribution in [2.75, 3.05) is 19.1 Å². The van der Waals surface area contributed by atoms with E-state index < -0.39 is 5.97 Å². The maximum absolute atomic E-state index is 11.7. The van der Waals surface area contributed by atoms with Crippen molar-refractivity contribution in [2.24, 2.45) is 0 Å². The van der Waals surface area contributed by atoms with Crippen molar-refractivity contribution in [3.8, 4) is 0 Å². The van der Waals surface area contributed by atoms with Gasteiger partial charge in [0, 0.05) is 20.5 Å². The lowest BCUT2D eigenvalue weighted by atomic mass is 10.2. The number of ketones is 1. The summed E-state index contributed by atoms with van der Waals surface area (Å²) in [6.07, 6.45) is 0. The summed E-state index contributed by atoms with van der Waals surface area (Å²) < 4.78 is 4.67. The molecule has 110 valence electrons. The summed E-state index contributed by atoms with van der Waals surface area (Å²) in [7, 11) is 3.15. The zero-order chi connectivity index (χ0) is 15.4. The van der Waals surface area contributed by atoms with Gasteiger partial charge in [-0.3, -0.25) is 4.79 Å². The summed E-state index contributed by atoms with van der Waals surface area (Å²) in [4.78, 5) is 29.8. The Morgan fingerprint density at radius 3 is 2.52 bits per heavy atom. The molecule has 1 aromatic carbocycles. The number of hydrogen-bond acceptors (Lipinski definition) is 6. The van der Waals surface area contributed by atoms with Crippen LogP contribution < -0.4 is 4.90 Å².